The molecule has 21 heavy (non-hydrogen) atoms. The van der Waals surface area contributed by atoms with E-state index in [4.69, 9.17) is 0 Å². The van der Waals surface area contributed by atoms with E-state index in [-0.39, 0.29) is 5.69 Å². The van der Waals surface area contributed by atoms with Crippen molar-refractivity contribution < 1.29 is 9.90 Å². The largest absolute Gasteiger partial charge is 0.543 e. The van der Waals surface area contributed by atoms with E-state index in [1.165, 1.54) is 6.07 Å². The third-order valence-electron chi connectivity index (χ3n) is 3.23. The van der Waals surface area contributed by atoms with Crippen LogP contribution < -0.4 is 5.11 Å². The Kier molecular flexibility index (Phi) is 3.28. The Bertz CT molecular complexity index is 792. The highest BCUT2D eigenvalue weighted by molar-refractivity contribution is 5.85. The third-order valence-corrected chi connectivity index (χ3v) is 3.23. The number of carbonyl (C=O) groups is 1. The zero-order valence-corrected chi connectivity index (χ0v) is 11.5. The average Bonchev–Trinajstić information content (AvgIpc) is 2.93. The zero-order chi connectivity index (χ0) is 14.8. The molecule has 0 saturated heterocycles. The molecule has 3 rings (SSSR count). The Morgan fingerprint density at radius 3 is 2.48 bits per heavy atom. The molecule has 0 bridgehead atoms. The number of carboxylic acid groups (broad SMARTS) is 1. The maximum atomic E-state index is 11.1. The predicted molar refractivity (Wildman–Crippen MR) is 78.1 cm³/mol. The van der Waals surface area contributed by atoms with E-state index in [1.54, 1.807) is 4.68 Å². The van der Waals surface area contributed by atoms with Crippen LogP contribution in [0.25, 0.3) is 16.9 Å². The van der Waals surface area contributed by atoms with Crippen molar-refractivity contribution in [3.05, 3.63) is 71.9 Å². The minimum atomic E-state index is -1.28. The fraction of sp³-hybridized carbons (Fsp3) is 0.0588. The second-order valence-corrected chi connectivity index (χ2v) is 4.82. The lowest BCUT2D eigenvalue weighted by molar-refractivity contribution is -0.255. The minimum absolute atomic E-state index is 0.0737. The number of aromatic carboxylic acids is 1. The van der Waals surface area contributed by atoms with Gasteiger partial charge in [-0.05, 0) is 30.7 Å². The molecule has 104 valence electrons. The number of rotatable bonds is 3. The van der Waals surface area contributed by atoms with Gasteiger partial charge in [-0.1, -0.05) is 42.5 Å². The summed E-state index contributed by atoms with van der Waals surface area (Å²) in [6.07, 6.45) is 0. The Hall–Kier alpha value is -2.88. The van der Waals surface area contributed by atoms with Crippen molar-refractivity contribution in [1.29, 1.82) is 0 Å². The van der Waals surface area contributed by atoms with Crippen molar-refractivity contribution in [2.45, 2.75) is 6.92 Å². The van der Waals surface area contributed by atoms with Crippen LogP contribution in [0.15, 0.2) is 60.7 Å². The highest BCUT2D eigenvalue weighted by Crippen LogP contribution is 2.24. The summed E-state index contributed by atoms with van der Waals surface area (Å²) in [5, 5.41) is 15.3. The van der Waals surface area contributed by atoms with E-state index in [1.807, 2.05) is 61.5 Å². The van der Waals surface area contributed by atoms with Gasteiger partial charge in [0.25, 0.3) is 0 Å². The van der Waals surface area contributed by atoms with Crippen LogP contribution in [0.5, 0.6) is 0 Å². The highest BCUT2D eigenvalue weighted by atomic mass is 16.4. The lowest BCUT2D eigenvalue weighted by Crippen LogP contribution is -2.22. The Labute approximate surface area is 122 Å². The Morgan fingerprint density at radius 2 is 1.81 bits per heavy atom. The quantitative estimate of drug-likeness (QED) is 0.737. The first-order chi connectivity index (χ1) is 10.1. The molecule has 0 unspecified atom stereocenters. The van der Waals surface area contributed by atoms with Crippen LogP contribution in [0.4, 0.5) is 0 Å². The molecule has 0 aliphatic rings. The van der Waals surface area contributed by atoms with Gasteiger partial charge in [-0.25, -0.2) is 4.68 Å². The van der Waals surface area contributed by atoms with Crippen LogP contribution in [0.3, 0.4) is 0 Å². The molecule has 0 radical (unpaired) electrons. The van der Waals surface area contributed by atoms with Crippen molar-refractivity contribution in [1.82, 2.24) is 9.78 Å². The molecule has 3 aromatic rings. The molecule has 0 aliphatic heterocycles. The smallest absolute Gasteiger partial charge is 0.109 e. The molecule has 2 aromatic carbocycles. The fourth-order valence-corrected chi connectivity index (χ4v) is 2.25. The number of carbonyl (C=O) groups excluding carboxylic acids is 1. The fourth-order valence-electron chi connectivity index (χ4n) is 2.25. The molecular weight excluding hydrogens is 264 g/mol. The maximum absolute atomic E-state index is 11.1. The number of carboxylic acids is 1. The first-order valence-corrected chi connectivity index (χ1v) is 6.59. The first kappa shape index (κ1) is 13.1. The third kappa shape index (κ3) is 2.56. The molecular formula is C17H13N2O2-. The molecule has 0 atom stereocenters. The van der Waals surface area contributed by atoms with Gasteiger partial charge < -0.3 is 9.90 Å². The molecule has 0 spiro atoms. The topological polar surface area (TPSA) is 58.0 Å². The summed E-state index contributed by atoms with van der Waals surface area (Å²) in [4.78, 5) is 11.1. The molecule has 0 fully saturated rings. The van der Waals surface area contributed by atoms with Crippen LogP contribution in [0, 0.1) is 6.92 Å². The van der Waals surface area contributed by atoms with Gasteiger partial charge in [0.05, 0.1) is 17.4 Å². The summed E-state index contributed by atoms with van der Waals surface area (Å²) in [6.45, 7) is 1.98. The van der Waals surface area contributed by atoms with E-state index >= 15 is 0 Å². The van der Waals surface area contributed by atoms with Crippen molar-refractivity contribution in [3.8, 4) is 16.9 Å². The lowest BCUT2D eigenvalue weighted by Gasteiger charge is -2.08. The summed E-state index contributed by atoms with van der Waals surface area (Å²) in [7, 11) is 0. The molecule has 0 amide bonds. The normalized spacial score (nSPS) is 10.5. The minimum Gasteiger partial charge on any atom is -0.543 e. The standard InChI is InChI=1S/C17H14N2O2/c1-12-6-5-9-14(10-12)19-16(11-15(18-19)17(20)21)13-7-3-2-4-8-13/h2-11H,1H3,(H,20,21)/p-1. The van der Waals surface area contributed by atoms with Crippen molar-refractivity contribution >= 4 is 5.97 Å². The van der Waals surface area contributed by atoms with Gasteiger partial charge in [-0.2, -0.15) is 5.10 Å². The summed E-state index contributed by atoms with van der Waals surface area (Å²) < 4.78 is 1.63. The number of hydrogen-bond donors (Lipinski definition) is 0. The summed E-state index contributed by atoms with van der Waals surface area (Å²) >= 11 is 0. The second-order valence-electron chi connectivity index (χ2n) is 4.82. The van der Waals surface area contributed by atoms with Crippen molar-refractivity contribution in [2.24, 2.45) is 0 Å². The monoisotopic (exact) mass is 277 g/mol. The Morgan fingerprint density at radius 1 is 1.05 bits per heavy atom. The predicted octanol–water partition coefficient (Wildman–Crippen LogP) is 2.21. The van der Waals surface area contributed by atoms with Gasteiger partial charge in [0.15, 0.2) is 0 Å². The number of hydrogen-bond acceptors (Lipinski definition) is 3. The van der Waals surface area contributed by atoms with Crippen molar-refractivity contribution in [3.63, 3.8) is 0 Å². The number of aryl methyl sites for hydroxylation is 1. The van der Waals surface area contributed by atoms with E-state index in [2.05, 4.69) is 5.10 Å². The summed E-state index contributed by atoms with van der Waals surface area (Å²) in [5.41, 5.74) is 3.45. The number of nitrogens with zero attached hydrogens (tertiary/aromatic N) is 2. The van der Waals surface area contributed by atoms with Crippen LogP contribution >= 0.6 is 0 Å². The zero-order valence-electron chi connectivity index (χ0n) is 11.5. The van der Waals surface area contributed by atoms with Crippen LogP contribution in [0.1, 0.15) is 16.1 Å². The molecule has 0 aliphatic carbocycles. The van der Waals surface area contributed by atoms with Crippen LogP contribution in [0.2, 0.25) is 0 Å². The van der Waals surface area contributed by atoms with E-state index < -0.39 is 5.97 Å². The van der Waals surface area contributed by atoms with E-state index in [9.17, 15) is 9.90 Å². The second kappa shape index (κ2) is 5.25. The molecule has 0 N–H and O–H groups in total. The van der Waals surface area contributed by atoms with E-state index in [0.29, 0.717) is 0 Å². The van der Waals surface area contributed by atoms with Gasteiger partial charge in [-0.3, -0.25) is 0 Å². The molecule has 0 saturated carbocycles. The van der Waals surface area contributed by atoms with Crippen LogP contribution in [-0.4, -0.2) is 15.7 Å². The molecule has 4 nitrogen and oxygen atoms in total. The number of benzene rings is 2. The SMILES string of the molecule is Cc1cccc(-n2nc(C(=O)[O-])cc2-c2ccccc2)c1. The summed E-state index contributed by atoms with van der Waals surface area (Å²) in [5.74, 6) is -1.28. The molecule has 4 heteroatoms. The average molecular weight is 277 g/mol. The maximum Gasteiger partial charge on any atom is 0.109 e. The molecule has 1 heterocycles. The van der Waals surface area contributed by atoms with Crippen molar-refractivity contribution in [2.75, 3.05) is 0 Å². The van der Waals surface area contributed by atoms with Gasteiger partial charge in [-0.15, -0.1) is 0 Å². The Balaban J connectivity index is 2.21. The highest BCUT2D eigenvalue weighted by Gasteiger charge is 2.12. The van der Waals surface area contributed by atoms with Gasteiger partial charge in [0.2, 0.25) is 0 Å². The number of aromatic nitrogens is 2. The van der Waals surface area contributed by atoms with Gasteiger partial charge in [0.1, 0.15) is 5.69 Å². The molecule has 1 aromatic heterocycles. The summed E-state index contributed by atoms with van der Waals surface area (Å²) in [6, 6.07) is 18.8. The first-order valence-electron chi connectivity index (χ1n) is 6.59. The lowest BCUT2D eigenvalue weighted by atomic mass is 10.1. The van der Waals surface area contributed by atoms with Gasteiger partial charge >= 0.3 is 0 Å². The van der Waals surface area contributed by atoms with Gasteiger partial charge in [0, 0.05) is 5.56 Å². The van der Waals surface area contributed by atoms with Crippen LogP contribution in [-0.2, 0) is 0 Å². The van der Waals surface area contributed by atoms with E-state index in [0.717, 1.165) is 22.5 Å².